The topological polar surface area (TPSA) is 46.2 Å². The molecule has 1 aromatic carbocycles. The Labute approximate surface area is 137 Å². The highest BCUT2D eigenvalue weighted by molar-refractivity contribution is 7.92. The van der Waals surface area contributed by atoms with E-state index in [4.69, 9.17) is 23.2 Å². The highest BCUT2D eigenvalue weighted by Gasteiger charge is 2.38. The van der Waals surface area contributed by atoms with Gasteiger partial charge < -0.3 is 5.32 Å². The van der Waals surface area contributed by atoms with Crippen molar-refractivity contribution in [2.75, 3.05) is 12.8 Å². The van der Waals surface area contributed by atoms with E-state index in [1.807, 2.05) is 13.0 Å². The summed E-state index contributed by atoms with van der Waals surface area (Å²) in [7, 11) is -3.20. The average molecular weight is 352 g/mol. The lowest BCUT2D eigenvalue weighted by atomic mass is 9.95. The molecule has 0 aliphatic rings. The predicted octanol–water partition coefficient (Wildman–Crippen LogP) is 3.73. The summed E-state index contributed by atoms with van der Waals surface area (Å²) in [6.45, 7) is 6.31. The van der Waals surface area contributed by atoms with Crippen molar-refractivity contribution in [2.45, 2.75) is 44.4 Å². The Morgan fingerprint density at radius 1 is 1.29 bits per heavy atom. The number of rotatable bonds is 7. The number of hydrogen-bond donors (Lipinski definition) is 1. The summed E-state index contributed by atoms with van der Waals surface area (Å²) in [6, 6.07) is 5.09. The van der Waals surface area contributed by atoms with Gasteiger partial charge in [0.15, 0.2) is 9.84 Å². The molecule has 1 unspecified atom stereocenters. The standard InChI is InChI=1S/C15H23Cl2NO2S/c1-5-8-18-14(15(2,3)21(4,19)20)9-11-6-7-12(16)10-13(11)17/h6-7,10,14,18H,5,8-9H2,1-4H3. The minimum absolute atomic E-state index is 0.217. The van der Waals surface area contributed by atoms with E-state index in [2.05, 4.69) is 5.32 Å². The van der Waals surface area contributed by atoms with Crippen LogP contribution in [-0.2, 0) is 16.3 Å². The van der Waals surface area contributed by atoms with Crippen LogP contribution in [0.3, 0.4) is 0 Å². The summed E-state index contributed by atoms with van der Waals surface area (Å²) in [6.07, 6.45) is 2.75. The minimum atomic E-state index is -3.20. The summed E-state index contributed by atoms with van der Waals surface area (Å²) in [5.41, 5.74) is 0.895. The van der Waals surface area contributed by atoms with Gasteiger partial charge in [-0.05, 0) is 50.9 Å². The molecule has 1 N–H and O–H groups in total. The Balaban J connectivity index is 3.09. The van der Waals surface area contributed by atoms with Gasteiger partial charge in [0.2, 0.25) is 0 Å². The fourth-order valence-electron chi connectivity index (χ4n) is 2.05. The fraction of sp³-hybridized carbons (Fsp3) is 0.600. The van der Waals surface area contributed by atoms with E-state index in [0.717, 1.165) is 18.5 Å². The quantitative estimate of drug-likeness (QED) is 0.813. The molecule has 0 saturated carbocycles. The van der Waals surface area contributed by atoms with Crippen LogP contribution in [0.4, 0.5) is 0 Å². The summed E-state index contributed by atoms with van der Waals surface area (Å²) in [4.78, 5) is 0. The summed E-state index contributed by atoms with van der Waals surface area (Å²) in [5.74, 6) is 0. The molecule has 0 aliphatic carbocycles. The first-order valence-corrected chi connectivity index (χ1v) is 9.61. The monoisotopic (exact) mass is 351 g/mol. The highest BCUT2D eigenvalue weighted by Crippen LogP contribution is 2.27. The number of benzene rings is 1. The first-order valence-electron chi connectivity index (χ1n) is 6.96. The molecule has 21 heavy (non-hydrogen) atoms. The van der Waals surface area contributed by atoms with Gasteiger partial charge in [-0.2, -0.15) is 0 Å². The maximum Gasteiger partial charge on any atom is 0.154 e. The van der Waals surface area contributed by atoms with Crippen molar-refractivity contribution in [3.63, 3.8) is 0 Å². The van der Waals surface area contributed by atoms with Crippen molar-refractivity contribution in [3.05, 3.63) is 33.8 Å². The van der Waals surface area contributed by atoms with Gasteiger partial charge in [0.25, 0.3) is 0 Å². The number of halogens is 2. The zero-order valence-electron chi connectivity index (χ0n) is 12.9. The second kappa shape index (κ2) is 7.32. The second-order valence-corrected chi connectivity index (χ2v) is 9.26. The Hall–Kier alpha value is -0.290. The van der Waals surface area contributed by atoms with Crippen LogP contribution in [0, 0.1) is 0 Å². The number of hydrogen-bond acceptors (Lipinski definition) is 3. The van der Waals surface area contributed by atoms with Crippen molar-refractivity contribution >= 4 is 33.0 Å². The predicted molar refractivity (Wildman–Crippen MR) is 91.2 cm³/mol. The zero-order chi connectivity index (χ0) is 16.3. The van der Waals surface area contributed by atoms with Crippen LogP contribution in [0.25, 0.3) is 0 Å². The second-order valence-electron chi connectivity index (χ2n) is 5.82. The lowest BCUT2D eigenvalue weighted by Gasteiger charge is -2.34. The number of sulfone groups is 1. The van der Waals surface area contributed by atoms with E-state index < -0.39 is 14.6 Å². The van der Waals surface area contributed by atoms with Crippen LogP contribution in [0.15, 0.2) is 18.2 Å². The zero-order valence-corrected chi connectivity index (χ0v) is 15.2. The molecule has 120 valence electrons. The van der Waals surface area contributed by atoms with Gasteiger partial charge in [-0.25, -0.2) is 8.42 Å². The first-order chi connectivity index (χ1) is 9.59. The molecule has 0 amide bonds. The lowest BCUT2D eigenvalue weighted by molar-refractivity contribution is 0.406. The molecule has 1 atom stereocenters. The van der Waals surface area contributed by atoms with Gasteiger partial charge in [0.1, 0.15) is 0 Å². The van der Waals surface area contributed by atoms with E-state index in [0.29, 0.717) is 16.5 Å². The van der Waals surface area contributed by atoms with Crippen molar-refractivity contribution < 1.29 is 8.42 Å². The molecule has 0 bridgehead atoms. The van der Waals surface area contributed by atoms with Gasteiger partial charge in [-0.3, -0.25) is 0 Å². The van der Waals surface area contributed by atoms with Crippen LogP contribution >= 0.6 is 23.2 Å². The van der Waals surface area contributed by atoms with Crippen LogP contribution in [0.5, 0.6) is 0 Å². The Bertz CT molecular complexity index is 585. The molecule has 1 rings (SSSR count). The average Bonchev–Trinajstić information content (AvgIpc) is 2.35. The van der Waals surface area contributed by atoms with E-state index in [-0.39, 0.29) is 6.04 Å². The maximum absolute atomic E-state index is 12.1. The molecule has 1 aromatic rings. The van der Waals surface area contributed by atoms with E-state index in [1.54, 1.807) is 26.0 Å². The van der Waals surface area contributed by atoms with Crippen molar-refractivity contribution in [3.8, 4) is 0 Å². The van der Waals surface area contributed by atoms with Gasteiger partial charge in [0.05, 0.1) is 4.75 Å². The molecule has 0 aliphatic heterocycles. The van der Waals surface area contributed by atoms with Crippen LogP contribution in [0.2, 0.25) is 10.0 Å². The Kier molecular flexibility index (Phi) is 6.54. The maximum atomic E-state index is 12.1. The van der Waals surface area contributed by atoms with Crippen molar-refractivity contribution in [2.24, 2.45) is 0 Å². The molecule has 0 aromatic heterocycles. The molecule has 0 saturated heterocycles. The van der Waals surface area contributed by atoms with E-state index >= 15 is 0 Å². The minimum Gasteiger partial charge on any atom is -0.312 e. The SMILES string of the molecule is CCCNC(Cc1ccc(Cl)cc1Cl)C(C)(C)S(C)(=O)=O. The lowest BCUT2D eigenvalue weighted by Crippen LogP contribution is -2.52. The van der Waals surface area contributed by atoms with Gasteiger partial charge in [-0.1, -0.05) is 36.2 Å². The number of nitrogens with one attached hydrogen (secondary N) is 1. The summed E-state index contributed by atoms with van der Waals surface area (Å²) >= 11 is 12.1. The molecular weight excluding hydrogens is 329 g/mol. The Morgan fingerprint density at radius 3 is 2.38 bits per heavy atom. The Morgan fingerprint density at radius 2 is 1.90 bits per heavy atom. The molecule has 0 spiro atoms. The smallest absolute Gasteiger partial charge is 0.154 e. The molecule has 3 nitrogen and oxygen atoms in total. The fourth-order valence-corrected chi connectivity index (χ4v) is 3.22. The highest BCUT2D eigenvalue weighted by atomic mass is 35.5. The van der Waals surface area contributed by atoms with Crippen molar-refractivity contribution in [1.29, 1.82) is 0 Å². The van der Waals surface area contributed by atoms with Crippen molar-refractivity contribution in [1.82, 2.24) is 5.32 Å². The summed E-state index contributed by atoms with van der Waals surface area (Å²) in [5, 5.41) is 4.47. The van der Waals surface area contributed by atoms with Gasteiger partial charge >= 0.3 is 0 Å². The van der Waals surface area contributed by atoms with E-state index in [1.165, 1.54) is 6.26 Å². The van der Waals surface area contributed by atoms with Crippen LogP contribution < -0.4 is 5.32 Å². The molecule has 6 heteroatoms. The normalized spacial score (nSPS) is 14.2. The third-order valence-corrected chi connectivity index (χ3v) is 6.66. The first kappa shape index (κ1) is 18.8. The summed E-state index contributed by atoms with van der Waals surface area (Å²) < 4.78 is 23.3. The van der Waals surface area contributed by atoms with Gasteiger partial charge in [0, 0.05) is 22.3 Å². The molecular formula is C15H23Cl2NO2S. The third-order valence-electron chi connectivity index (χ3n) is 3.87. The largest absolute Gasteiger partial charge is 0.312 e. The third kappa shape index (κ3) is 4.85. The van der Waals surface area contributed by atoms with Crippen LogP contribution in [0.1, 0.15) is 32.8 Å². The molecule has 0 radical (unpaired) electrons. The van der Waals surface area contributed by atoms with Crippen LogP contribution in [-0.4, -0.2) is 32.0 Å². The van der Waals surface area contributed by atoms with Gasteiger partial charge in [-0.15, -0.1) is 0 Å². The van der Waals surface area contributed by atoms with E-state index in [9.17, 15) is 8.42 Å². The molecule has 0 fully saturated rings. The molecule has 0 heterocycles.